The zero-order valence-electron chi connectivity index (χ0n) is 14.3. The minimum atomic E-state index is -0.726. The van der Waals surface area contributed by atoms with Gasteiger partial charge >= 0.3 is 0 Å². The first-order valence-electron chi connectivity index (χ1n) is 7.67. The number of benzene rings is 2. The van der Waals surface area contributed by atoms with Gasteiger partial charge in [-0.3, -0.25) is 4.79 Å². The van der Waals surface area contributed by atoms with Gasteiger partial charge in [-0.1, -0.05) is 12.1 Å². The van der Waals surface area contributed by atoms with Gasteiger partial charge in [0, 0.05) is 16.6 Å². The number of hydrazone groups is 1. The van der Waals surface area contributed by atoms with Crippen LogP contribution in [0, 0.1) is 3.57 Å². The van der Waals surface area contributed by atoms with Crippen molar-refractivity contribution in [1.29, 1.82) is 0 Å². The van der Waals surface area contributed by atoms with E-state index >= 15 is 0 Å². The molecule has 0 bridgehead atoms. The molecule has 1 amide bonds. The van der Waals surface area contributed by atoms with E-state index in [0.29, 0.717) is 23.0 Å². The van der Waals surface area contributed by atoms with Crippen molar-refractivity contribution in [3.05, 3.63) is 55.6 Å². The van der Waals surface area contributed by atoms with Gasteiger partial charge < -0.3 is 14.2 Å². The number of rotatable bonds is 4. The van der Waals surface area contributed by atoms with E-state index in [9.17, 15) is 4.79 Å². The maximum absolute atomic E-state index is 12.2. The lowest BCUT2D eigenvalue weighted by atomic mass is 10.1. The molecular formula is C18H16BrIN2O4. The molecule has 1 heterocycles. The summed E-state index contributed by atoms with van der Waals surface area (Å²) < 4.78 is 18.6. The van der Waals surface area contributed by atoms with Crippen LogP contribution >= 0.6 is 38.5 Å². The molecule has 0 spiro atoms. The minimum Gasteiger partial charge on any atom is -0.496 e. The molecule has 0 aromatic heterocycles. The summed E-state index contributed by atoms with van der Waals surface area (Å²) in [4.78, 5) is 12.2. The van der Waals surface area contributed by atoms with Crippen molar-refractivity contribution < 1.29 is 19.0 Å². The van der Waals surface area contributed by atoms with Crippen molar-refractivity contribution in [1.82, 2.24) is 5.01 Å². The Morgan fingerprint density at radius 1 is 1.23 bits per heavy atom. The molecule has 0 radical (unpaired) electrons. The van der Waals surface area contributed by atoms with Crippen LogP contribution in [-0.2, 0) is 9.53 Å². The molecule has 0 saturated heterocycles. The Morgan fingerprint density at radius 2 is 1.92 bits per heavy atom. The lowest BCUT2D eigenvalue weighted by Crippen LogP contribution is -2.25. The van der Waals surface area contributed by atoms with E-state index in [1.807, 2.05) is 30.3 Å². The maximum atomic E-state index is 12.2. The first-order valence-corrected chi connectivity index (χ1v) is 9.54. The number of carbonyl (C=O) groups excluding carboxylic acids is 1. The van der Waals surface area contributed by atoms with Crippen molar-refractivity contribution in [2.24, 2.45) is 5.10 Å². The van der Waals surface area contributed by atoms with Gasteiger partial charge in [-0.05, 0) is 56.7 Å². The fourth-order valence-electron chi connectivity index (χ4n) is 2.59. The number of nitrogens with zero attached hydrogens (tertiary/aromatic N) is 2. The van der Waals surface area contributed by atoms with Gasteiger partial charge in [0.2, 0.25) is 18.0 Å². The fourth-order valence-corrected chi connectivity index (χ4v) is 3.73. The number of methoxy groups -OCH3 is 2. The third-order valence-corrected chi connectivity index (χ3v) is 5.40. The second-order valence-electron chi connectivity index (χ2n) is 5.45. The lowest BCUT2D eigenvalue weighted by Gasteiger charge is -2.22. The molecule has 0 fully saturated rings. The van der Waals surface area contributed by atoms with Gasteiger partial charge in [0.1, 0.15) is 11.5 Å². The number of ether oxygens (including phenoxy) is 3. The summed E-state index contributed by atoms with van der Waals surface area (Å²) in [5.74, 6) is 1.33. The Morgan fingerprint density at radius 3 is 2.54 bits per heavy atom. The van der Waals surface area contributed by atoms with Crippen LogP contribution in [-0.4, -0.2) is 31.0 Å². The van der Waals surface area contributed by atoms with E-state index in [1.165, 1.54) is 11.9 Å². The van der Waals surface area contributed by atoms with Gasteiger partial charge in [-0.25, -0.2) is 0 Å². The smallest absolute Gasteiger partial charge is 0.243 e. The molecule has 0 saturated carbocycles. The standard InChI is InChI=1S/C18H16BrIN2O4/c1-10(23)22-18(12-8-13(19)16(25-3)9-15(12)24-2)26-17(21-22)11-6-4-5-7-14(11)20/h4-9,18H,1-3H3/t18-/m0/s1. The third kappa shape index (κ3) is 3.52. The Balaban J connectivity index is 2.05. The van der Waals surface area contributed by atoms with Crippen LogP contribution in [0.5, 0.6) is 11.5 Å². The van der Waals surface area contributed by atoms with E-state index in [0.717, 1.165) is 13.6 Å². The molecular weight excluding hydrogens is 515 g/mol. The molecule has 1 aliphatic rings. The first-order chi connectivity index (χ1) is 12.5. The van der Waals surface area contributed by atoms with E-state index < -0.39 is 6.23 Å². The third-order valence-electron chi connectivity index (χ3n) is 3.84. The van der Waals surface area contributed by atoms with Crippen molar-refractivity contribution in [2.75, 3.05) is 14.2 Å². The molecule has 1 atom stereocenters. The van der Waals surface area contributed by atoms with E-state index in [4.69, 9.17) is 14.2 Å². The van der Waals surface area contributed by atoms with Gasteiger partial charge in [0.15, 0.2) is 0 Å². The highest BCUT2D eigenvalue weighted by atomic mass is 127. The molecule has 8 heteroatoms. The molecule has 136 valence electrons. The number of hydrogen-bond donors (Lipinski definition) is 0. The van der Waals surface area contributed by atoms with Gasteiger partial charge in [-0.2, -0.15) is 5.01 Å². The number of hydrogen-bond acceptors (Lipinski definition) is 5. The van der Waals surface area contributed by atoms with E-state index in [1.54, 1.807) is 20.3 Å². The fraction of sp³-hybridized carbons (Fsp3) is 0.222. The van der Waals surface area contributed by atoms with E-state index in [-0.39, 0.29) is 5.91 Å². The Hall–Kier alpha value is -1.81. The van der Waals surface area contributed by atoms with Gasteiger partial charge in [0.05, 0.1) is 29.8 Å². The average Bonchev–Trinajstić information content (AvgIpc) is 3.07. The molecule has 0 N–H and O–H groups in total. The van der Waals surface area contributed by atoms with Crippen molar-refractivity contribution >= 4 is 50.3 Å². The summed E-state index contributed by atoms with van der Waals surface area (Å²) in [5, 5.41) is 5.71. The number of carbonyl (C=O) groups is 1. The summed E-state index contributed by atoms with van der Waals surface area (Å²) in [6.07, 6.45) is -0.726. The number of amides is 1. The van der Waals surface area contributed by atoms with Crippen LogP contribution in [0.25, 0.3) is 0 Å². The highest BCUT2D eigenvalue weighted by Crippen LogP contribution is 2.41. The summed E-state index contributed by atoms with van der Waals surface area (Å²) in [6.45, 7) is 1.45. The zero-order chi connectivity index (χ0) is 18.8. The predicted molar refractivity (Wildman–Crippen MR) is 109 cm³/mol. The maximum Gasteiger partial charge on any atom is 0.243 e. The van der Waals surface area contributed by atoms with Crippen LogP contribution in [0.1, 0.15) is 24.3 Å². The second kappa shape index (κ2) is 7.83. The Bertz CT molecular complexity index is 887. The van der Waals surface area contributed by atoms with Crippen LogP contribution in [0.2, 0.25) is 0 Å². The van der Waals surface area contributed by atoms with Gasteiger partial charge in [-0.15, -0.1) is 5.10 Å². The van der Waals surface area contributed by atoms with Crippen molar-refractivity contribution in [3.63, 3.8) is 0 Å². The molecule has 3 rings (SSSR count). The Kier molecular flexibility index (Phi) is 5.71. The van der Waals surface area contributed by atoms with Gasteiger partial charge in [0.25, 0.3) is 0 Å². The molecule has 2 aromatic carbocycles. The van der Waals surface area contributed by atoms with Crippen molar-refractivity contribution in [3.8, 4) is 11.5 Å². The number of halogens is 2. The monoisotopic (exact) mass is 530 g/mol. The summed E-state index contributed by atoms with van der Waals surface area (Å²) in [5.41, 5.74) is 1.49. The normalized spacial score (nSPS) is 16.1. The molecule has 1 aliphatic heterocycles. The molecule has 2 aromatic rings. The summed E-state index contributed by atoms with van der Waals surface area (Å²) in [6, 6.07) is 11.3. The quantitative estimate of drug-likeness (QED) is 0.553. The molecule has 26 heavy (non-hydrogen) atoms. The minimum absolute atomic E-state index is 0.232. The molecule has 6 nitrogen and oxygen atoms in total. The second-order valence-corrected chi connectivity index (χ2v) is 7.46. The first kappa shape index (κ1) is 19.0. The summed E-state index contributed by atoms with van der Waals surface area (Å²) in [7, 11) is 3.13. The topological polar surface area (TPSA) is 60.4 Å². The lowest BCUT2D eigenvalue weighted by molar-refractivity contribution is -0.135. The highest BCUT2D eigenvalue weighted by Gasteiger charge is 2.36. The van der Waals surface area contributed by atoms with Crippen LogP contribution in [0.15, 0.2) is 46.0 Å². The van der Waals surface area contributed by atoms with Crippen LogP contribution in [0.4, 0.5) is 0 Å². The Labute approximate surface area is 173 Å². The summed E-state index contributed by atoms with van der Waals surface area (Å²) >= 11 is 5.68. The van der Waals surface area contributed by atoms with Crippen LogP contribution < -0.4 is 9.47 Å². The predicted octanol–water partition coefficient (Wildman–Crippen LogP) is 4.31. The SMILES string of the molecule is COc1cc(OC)c([C@@H]2OC(c3ccccc3I)=NN2C(C)=O)cc1Br. The molecule has 0 aliphatic carbocycles. The largest absolute Gasteiger partial charge is 0.496 e. The average molecular weight is 531 g/mol. The highest BCUT2D eigenvalue weighted by molar-refractivity contribution is 14.1. The van der Waals surface area contributed by atoms with Crippen molar-refractivity contribution in [2.45, 2.75) is 13.2 Å². The van der Waals surface area contributed by atoms with Crippen LogP contribution in [0.3, 0.4) is 0 Å². The zero-order valence-corrected chi connectivity index (χ0v) is 18.1. The molecule has 0 unspecified atom stereocenters. The van der Waals surface area contributed by atoms with E-state index in [2.05, 4.69) is 43.6 Å².